The number of nitrogens with zero attached hydrogens (tertiary/aromatic N) is 1. The van der Waals surface area contributed by atoms with Crippen LogP contribution in [0.1, 0.15) is 42.7 Å². The minimum absolute atomic E-state index is 0.0360. The van der Waals surface area contributed by atoms with Gasteiger partial charge in [-0.25, -0.2) is 0 Å². The third-order valence-electron chi connectivity index (χ3n) is 3.62. The smallest absolute Gasteiger partial charge is 0.0988 e. The van der Waals surface area contributed by atoms with E-state index < -0.39 is 0 Å². The summed E-state index contributed by atoms with van der Waals surface area (Å²) in [7, 11) is 0. The Bertz CT molecular complexity index is 476. The quantitative estimate of drug-likeness (QED) is 0.496. The fourth-order valence-electron chi connectivity index (χ4n) is 2.73. The van der Waals surface area contributed by atoms with E-state index in [9.17, 15) is 4.91 Å². The van der Waals surface area contributed by atoms with Gasteiger partial charge in [-0.1, -0.05) is 29.6 Å². The van der Waals surface area contributed by atoms with Gasteiger partial charge in [0, 0.05) is 28.4 Å². The standard InChI is InChI=1S/C13H16ClN3O/c14-8-5-10(11(7-15)12(16)6-8)9-3-1-2-4-13(9)17-18/h5-7,9,13,15H,1-4,16H2/t9-,13-/m1/s1. The average molecular weight is 266 g/mol. The third-order valence-corrected chi connectivity index (χ3v) is 3.84. The molecule has 1 aliphatic carbocycles. The minimum Gasteiger partial charge on any atom is -0.398 e. The van der Waals surface area contributed by atoms with Crippen LogP contribution in [-0.2, 0) is 0 Å². The lowest BCUT2D eigenvalue weighted by atomic mass is 9.78. The maximum atomic E-state index is 10.9. The molecule has 96 valence electrons. The second-order valence-corrected chi connectivity index (χ2v) is 5.14. The van der Waals surface area contributed by atoms with Gasteiger partial charge in [0.2, 0.25) is 0 Å². The van der Waals surface area contributed by atoms with Gasteiger partial charge in [-0.05, 0) is 30.5 Å². The number of hydrogen-bond acceptors (Lipinski definition) is 4. The van der Waals surface area contributed by atoms with Crippen molar-refractivity contribution >= 4 is 23.5 Å². The first-order chi connectivity index (χ1) is 8.67. The monoisotopic (exact) mass is 265 g/mol. The van der Waals surface area contributed by atoms with Crippen LogP contribution in [0.15, 0.2) is 17.3 Å². The summed E-state index contributed by atoms with van der Waals surface area (Å²) in [6, 6.07) is 3.22. The van der Waals surface area contributed by atoms with E-state index in [0.717, 1.165) is 31.2 Å². The van der Waals surface area contributed by atoms with Crippen molar-refractivity contribution < 1.29 is 0 Å². The van der Waals surface area contributed by atoms with E-state index in [1.54, 1.807) is 6.07 Å². The number of rotatable bonds is 3. The SMILES string of the molecule is N=Cc1c(N)cc(Cl)cc1[C@H]1CCCC[C@H]1N=O. The van der Waals surface area contributed by atoms with Crippen molar-refractivity contribution in [3.8, 4) is 0 Å². The first-order valence-corrected chi connectivity index (χ1v) is 6.47. The zero-order chi connectivity index (χ0) is 13.1. The molecular weight excluding hydrogens is 250 g/mol. The number of nitrogen functional groups attached to an aromatic ring is 1. The van der Waals surface area contributed by atoms with E-state index in [0.29, 0.717) is 16.3 Å². The summed E-state index contributed by atoms with van der Waals surface area (Å²) in [5.41, 5.74) is 7.93. The lowest BCUT2D eigenvalue weighted by Crippen LogP contribution is -2.22. The second-order valence-electron chi connectivity index (χ2n) is 4.71. The number of nitrogens with one attached hydrogen (secondary N) is 1. The molecule has 0 radical (unpaired) electrons. The molecule has 0 amide bonds. The molecule has 18 heavy (non-hydrogen) atoms. The van der Waals surface area contributed by atoms with E-state index in [1.165, 1.54) is 6.21 Å². The number of nitrogens with two attached hydrogens (primary N) is 1. The molecule has 2 atom stereocenters. The second kappa shape index (κ2) is 5.48. The fourth-order valence-corrected chi connectivity index (χ4v) is 2.97. The predicted molar refractivity (Wildman–Crippen MR) is 74.5 cm³/mol. The van der Waals surface area contributed by atoms with Gasteiger partial charge in [0.1, 0.15) is 0 Å². The van der Waals surface area contributed by atoms with Crippen LogP contribution in [0.4, 0.5) is 5.69 Å². The van der Waals surface area contributed by atoms with E-state index >= 15 is 0 Å². The molecule has 0 aliphatic heterocycles. The van der Waals surface area contributed by atoms with Crippen molar-refractivity contribution in [2.75, 3.05) is 5.73 Å². The first kappa shape index (κ1) is 13.0. The van der Waals surface area contributed by atoms with Crippen LogP contribution >= 0.6 is 11.6 Å². The zero-order valence-corrected chi connectivity index (χ0v) is 10.8. The van der Waals surface area contributed by atoms with Crippen LogP contribution in [0.25, 0.3) is 0 Å². The molecule has 1 aromatic carbocycles. The maximum absolute atomic E-state index is 10.9. The Hall–Kier alpha value is -1.42. The summed E-state index contributed by atoms with van der Waals surface area (Å²) in [5.74, 6) is 0.0360. The topological polar surface area (TPSA) is 79.3 Å². The summed E-state index contributed by atoms with van der Waals surface area (Å²) < 4.78 is 0. The van der Waals surface area contributed by atoms with Gasteiger partial charge in [0.05, 0.1) is 6.04 Å². The predicted octanol–water partition coefficient (Wildman–Crippen LogP) is 3.71. The Morgan fingerprint density at radius 2 is 2.11 bits per heavy atom. The van der Waals surface area contributed by atoms with E-state index in [-0.39, 0.29) is 12.0 Å². The van der Waals surface area contributed by atoms with Crippen molar-refractivity contribution in [2.45, 2.75) is 37.6 Å². The Balaban J connectivity index is 2.47. The largest absolute Gasteiger partial charge is 0.398 e. The molecule has 1 aliphatic rings. The average Bonchev–Trinajstić information content (AvgIpc) is 2.38. The molecule has 0 unspecified atom stereocenters. The highest BCUT2D eigenvalue weighted by atomic mass is 35.5. The summed E-state index contributed by atoms with van der Waals surface area (Å²) in [4.78, 5) is 10.9. The van der Waals surface area contributed by atoms with Crippen LogP contribution in [0.5, 0.6) is 0 Å². The highest BCUT2D eigenvalue weighted by Crippen LogP contribution is 2.38. The fraction of sp³-hybridized carbons (Fsp3) is 0.462. The number of halogens is 1. The van der Waals surface area contributed by atoms with Crippen LogP contribution in [-0.4, -0.2) is 12.3 Å². The Kier molecular flexibility index (Phi) is 3.97. The highest BCUT2D eigenvalue weighted by molar-refractivity contribution is 6.31. The first-order valence-electron chi connectivity index (χ1n) is 6.09. The molecule has 1 fully saturated rings. The lowest BCUT2D eigenvalue weighted by molar-refractivity contribution is 0.385. The van der Waals surface area contributed by atoms with Crippen LogP contribution in [0.3, 0.4) is 0 Å². The number of benzene rings is 1. The zero-order valence-electron chi connectivity index (χ0n) is 10.0. The summed E-state index contributed by atoms with van der Waals surface area (Å²) in [5, 5.41) is 11.3. The summed E-state index contributed by atoms with van der Waals surface area (Å²) in [6.07, 6.45) is 5.04. The summed E-state index contributed by atoms with van der Waals surface area (Å²) >= 11 is 6.03. The molecule has 5 heteroatoms. The molecule has 0 spiro atoms. The van der Waals surface area contributed by atoms with Crippen molar-refractivity contribution in [2.24, 2.45) is 5.18 Å². The molecule has 4 nitrogen and oxygen atoms in total. The van der Waals surface area contributed by atoms with Crippen LogP contribution in [0, 0.1) is 10.3 Å². The van der Waals surface area contributed by atoms with Gasteiger partial charge in [-0.15, -0.1) is 0 Å². The minimum atomic E-state index is -0.227. The van der Waals surface area contributed by atoms with Crippen molar-refractivity contribution in [1.82, 2.24) is 0 Å². The summed E-state index contributed by atoms with van der Waals surface area (Å²) in [6.45, 7) is 0. The number of nitroso groups, excluding NO2 is 1. The Morgan fingerprint density at radius 1 is 1.39 bits per heavy atom. The normalized spacial score (nSPS) is 23.6. The van der Waals surface area contributed by atoms with Crippen LogP contribution in [0.2, 0.25) is 5.02 Å². The molecule has 0 aromatic heterocycles. The lowest BCUT2D eigenvalue weighted by Gasteiger charge is -2.28. The Morgan fingerprint density at radius 3 is 2.78 bits per heavy atom. The van der Waals surface area contributed by atoms with Gasteiger partial charge in [-0.2, -0.15) is 4.91 Å². The van der Waals surface area contributed by atoms with Gasteiger partial charge in [0.15, 0.2) is 0 Å². The third kappa shape index (κ3) is 2.38. The molecule has 1 saturated carbocycles. The molecule has 0 heterocycles. The molecule has 0 bridgehead atoms. The molecule has 3 N–H and O–H groups in total. The van der Waals surface area contributed by atoms with Crippen molar-refractivity contribution in [3.63, 3.8) is 0 Å². The van der Waals surface area contributed by atoms with Gasteiger partial charge >= 0.3 is 0 Å². The molecular formula is C13H16ClN3O. The molecule has 0 saturated heterocycles. The van der Waals surface area contributed by atoms with Crippen molar-refractivity contribution in [1.29, 1.82) is 5.41 Å². The number of hydrogen-bond donors (Lipinski definition) is 2. The number of anilines is 1. The maximum Gasteiger partial charge on any atom is 0.0988 e. The Labute approximate surface area is 111 Å². The van der Waals surface area contributed by atoms with E-state index in [1.807, 2.05) is 6.07 Å². The van der Waals surface area contributed by atoms with Gasteiger partial charge in [0.25, 0.3) is 0 Å². The van der Waals surface area contributed by atoms with Crippen LogP contribution < -0.4 is 5.73 Å². The molecule has 1 aromatic rings. The van der Waals surface area contributed by atoms with Gasteiger partial charge in [-0.3, -0.25) is 0 Å². The van der Waals surface area contributed by atoms with E-state index in [2.05, 4.69) is 5.18 Å². The molecule has 2 rings (SSSR count). The van der Waals surface area contributed by atoms with Gasteiger partial charge < -0.3 is 11.1 Å². The van der Waals surface area contributed by atoms with Crippen molar-refractivity contribution in [3.05, 3.63) is 33.2 Å². The highest BCUT2D eigenvalue weighted by Gasteiger charge is 2.29. The van der Waals surface area contributed by atoms with E-state index in [4.69, 9.17) is 22.7 Å².